The lowest BCUT2D eigenvalue weighted by atomic mass is 9.53. The minimum atomic E-state index is -0.366. The Kier molecular flexibility index (Phi) is 4.69. The molecule has 2 saturated carbocycles. The van der Waals surface area contributed by atoms with Gasteiger partial charge in [0.15, 0.2) is 0 Å². The molecule has 1 aromatic heterocycles. The molecule has 3 fully saturated rings. The topological polar surface area (TPSA) is 60.2 Å². The predicted octanol–water partition coefficient (Wildman–Crippen LogP) is 6.31. The van der Waals surface area contributed by atoms with Crippen LogP contribution in [0.4, 0.5) is 0 Å². The van der Waals surface area contributed by atoms with Crippen LogP contribution in [0.25, 0.3) is 10.8 Å². The maximum Gasteiger partial charge on any atom is 0.113 e. The molecular formula is C32H41N3O. The molecule has 0 radical (unpaired) electrons. The third kappa shape index (κ3) is 2.95. The number of aromatic nitrogens is 1. The second-order valence-corrected chi connectivity index (χ2v) is 13.8. The molecule has 2 bridgehead atoms. The summed E-state index contributed by atoms with van der Waals surface area (Å²) in [7, 11) is 0. The summed E-state index contributed by atoms with van der Waals surface area (Å²) >= 11 is 0. The van der Waals surface area contributed by atoms with Gasteiger partial charge in [0.25, 0.3) is 0 Å². The zero-order valence-electron chi connectivity index (χ0n) is 22.4. The molecular weight excluding hydrogens is 442 g/mol. The van der Waals surface area contributed by atoms with Gasteiger partial charge in [-0.25, -0.2) is 0 Å². The molecule has 3 aliphatic carbocycles. The van der Waals surface area contributed by atoms with E-state index in [0.29, 0.717) is 12.0 Å². The molecule has 1 aromatic carbocycles. The van der Waals surface area contributed by atoms with Gasteiger partial charge < -0.3 is 15.8 Å². The lowest BCUT2D eigenvalue weighted by Gasteiger charge is -2.60. The monoisotopic (exact) mass is 483 g/mol. The SMILES string of the molecule is CC(C)(C)N[C@@H]1CCC2=CC3=CC[C@]4(C)C(c5ccc6ccncc6c5)CC[C@@]4(N)[C@@]34CC[C@]2(C1)O4. The van der Waals surface area contributed by atoms with Crippen LogP contribution >= 0.6 is 0 Å². The molecule has 36 heavy (non-hydrogen) atoms. The van der Waals surface area contributed by atoms with E-state index in [1.54, 1.807) is 0 Å². The molecule has 1 saturated heterocycles. The van der Waals surface area contributed by atoms with Crippen molar-refractivity contribution in [1.29, 1.82) is 0 Å². The van der Waals surface area contributed by atoms with E-state index in [4.69, 9.17) is 10.5 Å². The van der Waals surface area contributed by atoms with E-state index < -0.39 is 0 Å². The minimum Gasteiger partial charge on any atom is -0.357 e. The summed E-state index contributed by atoms with van der Waals surface area (Å²) in [5, 5.41) is 6.36. The number of hydrogen-bond acceptors (Lipinski definition) is 4. The maximum absolute atomic E-state index is 7.70. The van der Waals surface area contributed by atoms with Crippen molar-refractivity contribution in [1.82, 2.24) is 10.3 Å². The first kappa shape index (κ1) is 23.1. The van der Waals surface area contributed by atoms with Crippen molar-refractivity contribution < 1.29 is 4.74 Å². The summed E-state index contributed by atoms with van der Waals surface area (Å²) in [6, 6.07) is 9.55. The van der Waals surface area contributed by atoms with Gasteiger partial charge in [-0.3, -0.25) is 4.98 Å². The average Bonchev–Trinajstić information content (AvgIpc) is 3.30. The second-order valence-electron chi connectivity index (χ2n) is 13.8. The lowest BCUT2D eigenvalue weighted by molar-refractivity contribution is -0.147. The van der Waals surface area contributed by atoms with E-state index in [9.17, 15) is 0 Å². The fourth-order valence-corrected chi connectivity index (χ4v) is 9.07. The summed E-state index contributed by atoms with van der Waals surface area (Å²) in [4.78, 5) is 4.38. The highest BCUT2D eigenvalue weighted by atomic mass is 16.5. The number of fused-ring (bicyclic) bond motifs is 2. The molecule has 4 heteroatoms. The molecule has 6 atom stereocenters. The van der Waals surface area contributed by atoms with Crippen LogP contribution < -0.4 is 11.1 Å². The van der Waals surface area contributed by atoms with Gasteiger partial charge in [-0.1, -0.05) is 31.2 Å². The Labute approximate surface area is 215 Å². The highest BCUT2D eigenvalue weighted by Crippen LogP contribution is 2.70. The number of allylic oxidation sites excluding steroid dienone is 1. The first-order valence-electron chi connectivity index (χ1n) is 14.1. The minimum absolute atomic E-state index is 0.0407. The third-order valence-corrected chi connectivity index (χ3v) is 10.8. The Morgan fingerprint density at radius 2 is 1.94 bits per heavy atom. The summed E-state index contributed by atoms with van der Waals surface area (Å²) < 4.78 is 7.45. The van der Waals surface area contributed by atoms with E-state index in [1.807, 2.05) is 12.4 Å². The fraction of sp³-hybridized carbons (Fsp3) is 0.594. The van der Waals surface area contributed by atoms with Gasteiger partial charge in [0.2, 0.25) is 0 Å². The number of nitrogens with two attached hydrogens (primary N) is 1. The van der Waals surface area contributed by atoms with E-state index in [2.05, 4.69) is 74.4 Å². The Balaban J connectivity index is 1.27. The highest BCUT2D eigenvalue weighted by Gasteiger charge is 2.72. The summed E-state index contributed by atoms with van der Waals surface area (Å²) in [6.45, 7) is 9.28. The zero-order chi connectivity index (χ0) is 25.0. The van der Waals surface area contributed by atoms with Gasteiger partial charge in [-0.2, -0.15) is 0 Å². The molecule has 1 unspecified atom stereocenters. The maximum atomic E-state index is 7.70. The van der Waals surface area contributed by atoms with Crippen LogP contribution in [0.3, 0.4) is 0 Å². The molecule has 2 aliphatic heterocycles. The molecule has 7 rings (SSSR count). The molecule has 190 valence electrons. The zero-order valence-corrected chi connectivity index (χ0v) is 22.4. The molecule has 3 heterocycles. The highest BCUT2D eigenvalue weighted by molar-refractivity contribution is 5.82. The van der Waals surface area contributed by atoms with E-state index in [-0.39, 0.29) is 27.7 Å². The van der Waals surface area contributed by atoms with Crippen LogP contribution in [0.15, 0.2) is 60.0 Å². The number of ether oxygens (including phenoxy) is 1. The number of nitrogens with zero attached hydrogens (tertiary/aromatic N) is 1. The van der Waals surface area contributed by atoms with Gasteiger partial charge in [-0.05, 0) is 118 Å². The molecule has 5 aliphatic rings. The van der Waals surface area contributed by atoms with Crippen molar-refractivity contribution in [3.05, 3.63) is 65.5 Å². The molecule has 4 nitrogen and oxygen atoms in total. The quantitative estimate of drug-likeness (QED) is 0.525. The largest absolute Gasteiger partial charge is 0.357 e. The van der Waals surface area contributed by atoms with E-state index in [0.717, 1.165) is 44.9 Å². The first-order valence-corrected chi connectivity index (χ1v) is 14.1. The van der Waals surface area contributed by atoms with Crippen molar-refractivity contribution in [3.63, 3.8) is 0 Å². The fourth-order valence-electron chi connectivity index (χ4n) is 9.07. The van der Waals surface area contributed by atoms with Gasteiger partial charge in [0.1, 0.15) is 5.60 Å². The Morgan fingerprint density at radius 1 is 1.08 bits per heavy atom. The molecule has 3 N–H and O–H groups in total. The van der Waals surface area contributed by atoms with Gasteiger partial charge in [0.05, 0.1) is 11.1 Å². The summed E-state index contributed by atoms with van der Waals surface area (Å²) in [5.74, 6) is 0.423. The first-order chi connectivity index (χ1) is 17.1. The van der Waals surface area contributed by atoms with Gasteiger partial charge >= 0.3 is 0 Å². The smallest absolute Gasteiger partial charge is 0.113 e. The van der Waals surface area contributed by atoms with Crippen molar-refractivity contribution in [2.24, 2.45) is 11.1 Å². The van der Waals surface area contributed by atoms with Crippen LogP contribution in [-0.2, 0) is 4.74 Å². The molecule has 0 amide bonds. The van der Waals surface area contributed by atoms with E-state index in [1.165, 1.54) is 33.9 Å². The van der Waals surface area contributed by atoms with Crippen LogP contribution in [0.1, 0.15) is 90.5 Å². The van der Waals surface area contributed by atoms with Gasteiger partial charge in [0, 0.05) is 29.4 Å². The Bertz CT molecular complexity index is 1310. The second kappa shape index (κ2) is 7.30. The third-order valence-electron chi connectivity index (χ3n) is 10.8. The lowest BCUT2D eigenvalue weighted by Crippen LogP contribution is -2.70. The number of rotatable bonds is 2. The van der Waals surface area contributed by atoms with Crippen LogP contribution in [0.5, 0.6) is 0 Å². The van der Waals surface area contributed by atoms with E-state index >= 15 is 0 Å². The van der Waals surface area contributed by atoms with Crippen molar-refractivity contribution in [3.8, 4) is 0 Å². The van der Waals surface area contributed by atoms with Crippen molar-refractivity contribution in [2.45, 2.75) is 113 Å². The van der Waals surface area contributed by atoms with Crippen molar-refractivity contribution in [2.75, 3.05) is 0 Å². The van der Waals surface area contributed by atoms with Crippen molar-refractivity contribution >= 4 is 10.8 Å². The summed E-state index contributed by atoms with van der Waals surface area (Å²) in [5.41, 5.74) is 11.2. The predicted molar refractivity (Wildman–Crippen MR) is 146 cm³/mol. The summed E-state index contributed by atoms with van der Waals surface area (Å²) in [6.07, 6.45) is 17.6. The van der Waals surface area contributed by atoms with Crippen LogP contribution in [0, 0.1) is 5.41 Å². The number of hydrogen-bond donors (Lipinski definition) is 2. The number of nitrogens with one attached hydrogen (secondary N) is 1. The normalized spacial score (nSPS) is 41.4. The van der Waals surface area contributed by atoms with Crippen LogP contribution in [0.2, 0.25) is 0 Å². The Hall–Kier alpha value is -2.01. The number of pyridine rings is 1. The standard InChI is InChI=1S/C32H41N3O/c1-28(2,3)35-26-8-7-24-18-25-9-12-29(4)27(22-6-5-21-11-16-34-20-23(21)17-22)10-13-32(29,33)31(25)15-14-30(24,19-26)36-31/h5-6,9,11,16-18,20,26-27,35H,7-8,10,12-15,19,33H2,1-4H3/t26-,27?,29-,30-,31-,32+/m1/s1. The van der Waals surface area contributed by atoms with Gasteiger partial charge in [-0.15, -0.1) is 0 Å². The molecule has 2 spiro atoms. The average molecular weight is 484 g/mol. The molecule has 2 aromatic rings. The Morgan fingerprint density at radius 3 is 2.78 bits per heavy atom. The van der Waals surface area contributed by atoms with Crippen LogP contribution in [-0.4, -0.2) is 33.3 Å². The number of benzene rings is 1.